The summed E-state index contributed by atoms with van der Waals surface area (Å²) in [6.45, 7) is 12.7. The lowest BCUT2D eigenvalue weighted by molar-refractivity contribution is -0.140. The molecule has 194 valence electrons. The lowest BCUT2D eigenvalue weighted by atomic mass is 10.1. The molecule has 0 bridgehead atoms. The fourth-order valence-corrected chi connectivity index (χ4v) is 5.42. The number of carboxylic acid groups (broad SMARTS) is 1. The zero-order valence-corrected chi connectivity index (χ0v) is 22.2. The number of aromatic nitrogens is 4. The molecule has 3 heterocycles. The van der Waals surface area contributed by atoms with E-state index < -0.39 is 29.4 Å². The molecule has 0 saturated carbocycles. The van der Waals surface area contributed by atoms with Crippen molar-refractivity contribution in [2.75, 3.05) is 7.11 Å². The number of aryl methyl sites for hydroxylation is 1. The molecule has 0 fully saturated rings. The van der Waals surface area contributed by atoms with Crippen molar-refractivity contribution in [1.82, 2.24) is 18.9 Å². The molecule has 0 aliphatic heterocycles. The van der Waals surface area contributed by atoms with Crippen LogP contribution in [0.25, 0.3) is 15.2 Å². The molecule has 0 aliphatic rings. The van der Waals surface area contributed by atoms with Gasteiger partial charge in [0.25, 0.3) is 5.56 Å². The van der Waals surface area contributed by atoms with Gasteiger partial charge in [-0.2, -0.15) is 5.10 Å². The third kappa shape index (κ3) is 4.93. The molecule has 1 N–H and O–H groups in total. The van der Waals surface area contributed by atoms with Crippen LogP contribution in [0.5, 0.6) is 0 Å². The van der Waals surface area contributed by atoms with Gasteiger partial charge < -0.3 is 14.6 Å². The predicted octanol–water partition coefficient (Wildman–Crippen LogP) is 3.65. The van der Waals surface area contributed by atoms with E-state index in [4.69, 9.17) is 9.47 Å². The number of rotatable bonds is 11. The third-order valence-corrected chi connectivity index (χ3v) is 7.22. The smallest absolute Gasteiger partial charge is 0.333 e. The van der Waals surface area contributed by atoms with Crippen LogP contribution in [0.15, 0.2) is 52.0 Å². The van der Waals surface area contributed by atoms with Crippen LogP contribution in [0.2, 0.25) is 0 Å². The normalized spacial score (nSPS) is 14.1. The Morgan fingerprint density at radius 3 is 2.50 bits per heavy atom. The quantitative estimate of drug-likeness (QED) is 0.305. The van der Waals surface area contributed by atoms with E-state index in [1.807, 2.05) is 20.8 Å². The number of carbonyl (C=O) groups is 1. The Hall–Kier alpha value is -3.44. The number of hydrogen-bond acceptors (Lipinski definition) is 7. The number of nitrogens with zero attached hydrogens (tertiary/aromatic N) is 4. The Labute approximate surface area is 212 Å². The lowest BCUT2D eigenvalue weighted by Gasteiger charge is -2.25. The van der Waals surface area contributed by atoms with E-state index in [9.17, 15) is 19.5 Å². The van der Waals surface area contributed by atoms with Crippen LogP contribution in [-0.2, 0) is 20.8 Å². The summed E-state index contributed by atoms with van der Waals surface area (Å²) in [5.74, 6) is -0.624. The monoisotopic (exact) mass is 516 g/mol. The number of fused-ring (bicyclic) bond motifs is 1. The molecule has 0 spiro atoms. The minimum atomic E-state index is -1.36. The number of carboxylic acids is 1. The topological polar surface area (TPSA) is 118 Å². The Morgan fingerprint density at radius 1 is 1.31 bits per heavy atom. The van der Waals surface area contributed by atoms with E-state index in [-0.39, 0.29) is 18.0 Å². The number of ether oxygens (including phenoxy) is 2. The van der Waals surface area contributed by atoms with Crippen molar-refractivity contribution in [2.24, 2.45) is 0 Å². The molecule has 3 rings (SSSR count). The van der Waals surface area contributed by atoms with E-state index in [2.05, 4.69) is 11.7 Å². The fraction of sp³-hybridized carbons (Fsp3) is 0.440. The molecule has 11 heteroatoms. The number of methoxy groups -OCH3 is 1. The van der Waals surface area contributed by atoms with Crippen LogP contribution in [-0.4, -0.2) is 49.3 Å². The number of hydrogen-bond donors (Lipinski definition) is 1. The Bertz CT molecular complexity index is 1400. The van der Waals surface area contributed by atoms with Crippen molar-refractivity contribution in [3.05, 3.63) is 68.8 Å². The van der Waals surface area contributed by atoms with Crippen molar-refractivity contribution in [3.8, 4) is 5.00 Å². The second-order valence-electron chi connectivity index (χ2n) is 8.56. The first kappa shape index (κ1) is 27.2. The average molecular weight is 517 g/mol. The number of aliphatic carboxylic acids is 1. The zero-order valence-electron chi connectivity index (χ0n) is 21.3. The van der Waals surface area contributed by atoms with Crippen molar-refractivity contribution < 1.29 is 19.4 Å². The molecule has 0 radical (unpaired) electrons. The second kappa shape index (κ2) is 11.1. The Balaban J connectivity index is 2.39. The van der Waals surface area contributed by atoms with E-state index in [0.29, 0.717) is 33.1 Å². The molecule has 10 nitrogen and oxygen atoms in total. The predicted molar refractivity (Wildman–Crippen MR) is 139 cm³/mol. The van der Waals surface area contributed by atoms with Gasteiger partial charge in [0.1, 0.15) is 27.7 Å². The molecule has 0 aromatic carbocycles. The van der Waals surface area contributed by atoms with Crippen molar-refractivity contribution in [3.63, 3.8) is 0 Å². The highest BCUT2D eigenvalue weighted by Crippen LogP contribution is 2.32. The summed E-state index contributed by atoms with van der Waals surface area (Å²) in [6.07, 6.45) is 4.75. The van der Waals surface area contributed by atoms with Crippen LogP contribution in [0.4, 0.5) is 0 Å². The maximum Gasteiger partial charge on any atom is 0.333 e. The molecule has 3 aromatic heterocycles. The molecule has 2 atom stereocenters. The van der Waals surface area contributed by atoms with Gasteiger partial charge >= 0.3 is 11.7 Å². The Morgan fingerprint density at radius 2 is 2.00 bits per heavy atom. The average Bonchev–Trinajstić information content (AvgIpc) is 3.47. The molecule has 0 amide bonds. The largest absolute Gasteiger partial charge is 0.501 e. The van der Waals surface area contributed by atoms with Crippen LogP contribution >= 0.6 is 11.3 Å². The SMILES string of the molecule is C=C/C(=C(\CC)OC)[C@H](Cn1c(=O)n(C(C)C(=O)O)c(=O)c2c(C)c(-n3cccn3)sc21)OC(C)C. The van der Waals surface area contributed by atoms with E-state index in [1.165, 1.54) is 22.8 Å². The molecule has 3 aromatic rings. The zero-order chi connectivity index (χ0) is 26.7. The van der Waals surface area contributed by atoms with Gasteiger partial charge in [-0.3, -0.25) is 9.36 Å². The van der Waals surface area contributed by atoms with Gasteiger partial charge in [0.2, 0.25) is 0 Å². The first-order valence-corrected chi connectivity index (χ1v) is 12.4. The van der Waals surface area contributed by atoms with Crippen molar-refractivity contribution in [1.29, 1.82) is 0 Å². The van der Waals surface area contributed by atoms with Gasteiger partial charge in [-0.05, 0) is 33.8 Å². The summed E-state index contributed by atoms with van der Waals surface area (Å²) in [5, 5.41) is 14.9. The summed E-state index contributed by atoms with van der Waals surface area (Å²) >= 11 is 1.24. The van der Waals surface area contributed by atoms with Gasteiger partial charge in [0, 0.05) is 30.0 Å². The van der Waals surface area contributed by atoms with E-state index in [0.717, 1.165) is 4.57 Å². The summed E-state index contributed by atoms with van der Waals surface area (Å²) in [5.41, 5.74) is -0.0961. The summed E-state index contributed by atoms with van der Waals surface area (Å²) < 4.78 is 15.6. The molecular formula is C25H32N4O6S. The second-order valence-corrected chi connectivity index (χ2v) is 9.54. The molecular weight excluding hydrogens is 484 g/mol. The van der Waals surface area contributed by atoms with Crippen LogP contribution in [0.1, 0.15) is 45.7 Å². The molecule has 36 heavy (non-hydrogen) atoms. The number of allylic oxidation sites excluding steroid dienone is 1. The first-order chi connectivity index (χ1) is 17.1. The highest BCUT2D eigenvalue weighted by molar-refractivity contribution is 7.21. The molecule has 1 unspecified atom stereocenters. The molecule has 0 aliphatic carbocycles. The number of thiophene rings is 1. The van der Waals surface area contributed by atoms with Gasteiger partial charge in [0.15, 0.2) is 0 Å². The highest BCUT2D eigenvalue weighted by Gasteiger charge is 2.28. The third-order valence-electron chi connectivity index (χ3n) is 5.92. The highest BCUT2D eigenvalue weighted by atomic mass is 32.1. The van der Waals surface area contributed by atoms with Crippen LogP contribution < -0.4 is 11.2 Å². The minimum Gasteiger partial charge on any atom is -0.501 e. The fourth-order valence-electron chi connectivity index (χ4n) is 4.17. The maximum atomic E-state index is 13.7. The summed E-state index contributed by atoms with van der Waals surface area (Å²) in [4.78, 5) is 39.5. The lowest BCUT2D eigenvalue weighted by Crippen LogP contribution is -2.45. The van der Waals surface area contributed by atoms with E-state index in [1.54, 1.807) is 43.3 Å². The first-order valence-electron chi connectivity index (χ1n) is 11.6. The van der Waals surface area contributed by atoms with Crippen LogP contribution in [0.3, 0.4) is 0 Å². The van der Waals surface area contributed by atoms with Gasteiger partial charge in [-0.1, -0.05) is 30.9 Å². The van der Waals surface area contributed by atoms with Crippen LogP contribution in [0, 0.1) is 6.92 Å². The van der Waals surface area contributed by atoms with Gasteiger partial charge in [0.05, 0.1) is 25.1 Å². The summed E-state index contributed by atoms with van der Waals surface area (Å²) in [7, 11) is 1.56. The summed E-state index contributed by atoms with van der Waals surface area (Å²) in [6, 6.07) is 0.393. The van der Waals surface area contributed by atoms with Crippen molar-refractivity contribution in [2.45, 2.75) is 65.8 Å². The minimum absolute atomic E-state index is 0.0207. The van der Waals surface area contributed by atoms with Gasteiger partial charge in [-0.25, -0.2) is 18.8 Å². The van der Waals surface area contributed by atoms with Crippen molar-refractivity contribution >= 4 is 27.5 Å². The maximum absolute atomic E-state index is 13.7. The molecule has 0 saturated heterocycles. The standard InChI is InChI=1S/C25H32N4O6S/c1-8-17(18(9-2)34-7)19(35-14(3)4)13-27-23-20(15(5)22(36-23)28-12-10-11-26-28)21(30)29(25(27)33)16(6)24(31)32/h8,10-12,14,16,19H,1,9,13H2,2-7H3,(H,31,32)/b18-17-/t16?,19-/m0/s1. The van der Waals surface area contributed by atoms with E-state index >= 15 is 0 Å². The van der Waals surface area contributed by atoms with Gasteiger partial charge in [-0.15, -0.1) is 0 Å². The Kier molecular flexibility index (Phi) is 8.36.